The highest BCUT2D eigenvalue weighted by Gasteiger charge is 2.20. The number of aromatic amines is 1. The second-order valence-electron chi connectivity index (χ2n) is 5.65. The summed E-state index contributed by atoms with van der Waals surface area (Å²) in [5, 5.41) is 13.6. The topological polar surface area (TPSA) is 101 Å². The van der Waals surface area contributed by atoms with Crippen molar-refractivity contribution in [1.29, 1.82) is 0 Å². The lowest BCUT2D eigenvalue weighted by molar-refractivity contribution is 0.600. The Labute approximate surface area is 140 Å². The van der Waals surface area contributed by atoms with Crippen molar-refractivity contribution in [2.75, 3.05) is 4.72 Å². The molecule has 1 aromatic heterocycles. The number of anilines is 1. The molecule has 8 heteroatoms. The van der Waals surface area contributed by atoms with E-state index in [1.54, 1.807) is 38.1 Å². The normalized spacial score (nSPS) is 11.5. The number of nitrogens with one attached hydrogen (secondary N) is 2. The van der Waals surface area contributed by atoms with E-state index < -0.39 is 10.0 Å². The van der Waals surface area contributed by atoms with Crippen LogP contribution in [0, 0.1) is 20.8 Å². The summed E-state index contributed by atoms with van der Waals surface area (Å²) in [4.78, 5) is 0.315. The van der Waals surface area contributed by atoms with Gasteiger partial charge in [-0.1, -0.05) is 17.7 Å². The van der Waals surface area contributed by atoms with Gasteiger partial charge < -0.3 is 0 Å². The Morgan fingerprint density at radius 1 is 1.00 bits per heavy atom. The number of nitrogens with zero attached hydrogens (tertiary/aromatic N) is 3. The second kappa shape index (κ2) is 6.04. The van der Waals surface area contributed by atoms with Gasteiger partial charge in [0.2, 0.25) is 5.82 Å². The quantitative estimate of drug-likeness (QED) is 0.758. The number of rotatable bonds is 4. The molecule has 2 N–H and O–H groups in total. The zero-order valence-electron chi connectivity index (χ0n) is 13.5. The lowest BCUT2D eigenvalue weighted by Crippen LogP contribution is -2.15. The van der Waals surface area contributed by atoms with Crippen LogP contribution in [0.5, 0.6) is 0 Å². The van der Waals surface area contributed by atoms with Crippen LogP contribution in [-0.2, 0) is 10.0 Å². The number of H-pyrrole nitrogens is 1. The van der Waals surface area contributed by atoms with E-state index in [9.17, 15) is 8.42 Å². The van der Waals surface area contributed by atoms with Gasteiger partial charge in [0.25, 0.3) is 10.0 Å². The van der Waals surface area contributed by atoms with Gasteiger partial charge >= 0.3 is 0 Å². The lowest BCUT2D eigenvalue weighted by atomic mass is 10.1. The zero-order valence-corrected chi connectivity index (χ0v) is 14.3. The number of hydrogen-bond acceptors (Lipinski definition) is 5. The summed E-state index contributed by atoms with van der Waals surface area (Å²) in [6.07, 6.45) is 0. The number of aryl methyl sites for hydroxylation is 3. The third-order valence-electron chi connectivity index (χ3n) is 3.61. The molecular formula is C16H17N5O2S. The maximum Gasteiger partial charge on any atom is 0.262 e. The summed E-state index contributed by atoms with van der Waals surface area (Å²) in [6.45, 7) is 5.54. The van der Waals surface area contributed by atoms with Gasteiger partial charge in [0, 0.05) is 11.3 Å². The average Bonchev–Trinajstić information content (AvgIpc) is 3.00. The maximum atomic E-state index is 12.7. The number of aromatic nitrogens is 4. The first kappa shape index (κ1) is 16.1. The van der Waals surface area contributed by atoms with Crippen molar-refractivity contribution in [2.24, 2.45) is 0 Å². The summed E-state index contributed by atoms with van der Waals surface area (Å²) in [6, 6.07) is 10.5. The van der Waals surface area contributed by atoms with Gasteiger partial charge in [-0.05, 0) is 61.4 Å². The molecule has 3 aromatic rings. The summed E-state index contributed by atoms with van der Waals surface area (Å²) in [5.74, 6) is 0.453. The molecule has 0 aliphatic carbocycles. The van der Waals surface area contributed by atoms with Crippen LogP contribution in [0.2, 0.25) is 0 Å². The van der Waals surface area contributed by atoms with Gasteiger partial charge in [0.05, 0.1) is 4.90 Å². The van der Waals surface area contributed by atoms with Gasteiger partial charge in [-0.25, -0.2) is 8.42 Å². The predicted octanol–water partition coefficient (Wildman–Crippen LogP) is 2.59. The minimum absolute atomic E-state index is 0.315. The van der Waals surface area contributed by atoms with Crippen LogP contribution in [0.25, 0.3) is 11.4 Å². The molecule has 0 saturated carbocycles. The zero-order chi connectivity index (χ0) is 17.3. The molecule has 0 spiro atoms. The molecule has 0 aliphatic rings. The standard InChI is InChI=1S/C16H17N5O2S/c1-10-8-11(2)15(12(3)9-10)24(22,23)19-14-6-4-13(5-7-14)16-17-20-21-18-16/h4-9,19H,1-3H3,(H,17,18,20,21). The van der Waals surface area contributed by atoms with Gasteiger partial charge in [0.15, 0.2) is 0 Å². The highest BCUT2D eigenvalue weighted by Crippen LogP contribution is 2.25. The molecular weight excluding hydrogens is 326 g/mol. The van der Waals surface area contributed by atoms with Crippen LogP contribution in [0.4, 0.5) is 5.69 Å². The lowest BCUT2D eigenvalue weighted by Gasteiger charge is -2.14. The summed E-state index contributed by atoms with van der Waals surface area (Å²) >= 11 is 0. The Balaban J connectivity index is 1.90. The smallest absolute Gasteiger partial charge is 0.262 e. The summed E-state index contributed by atoms with van der Waals surface area (Å²) in [7, 11) is -3.66. The molecule has 0 saturated heterocycles. The van der Waals surface area contributed by atoms with Crippen molar-refractivity contribution in [1.82, 2.24) is 20.6 Å². The first-order valence-electron chi connectivity index (χ1n) is 7.31. The second-order valence-corrected chi connectivity index (χ2v) is 7.27. The van der Waals surface area contributed by atoms with Gasteiger partial charge in [0.1, 0.15) is 0 Å². The fourth-order valence-corrected chi connectivity index (χ4v) is 4.28. The monoisotopic (exact) mass is 343 g/mol. The highest BCUT2D eigenvalue weighted by atomic mass is 32.2. The van der Waals surface area contributed by atoms with Gasteiger partial charge in [-0.3, -0.25) is 4.72 Å². The Morgan fingerprint density at radius 3 is 2.17 bits per heavy atom. The van der Waals surface area contributed by atoms with E-state index in [0.29, 0.717) is 16.4 Å². The number of benzene rings is 2. The third-order valence-corrected chi connectivity index (χ3v) is 5.30. The van der Waals surface area contributed by atoms with E-state index in [0.717, 1.165) is 22.3 Å². The fraction of sp³-hybridized carbons (Fsp3) is 0.188. The molecule has 1 heterocycles. The van der Waals surface area contributed by atoms with E-state index in [-0.39, 0.29) is 0 Å². The molecule has 0 fully saturated rings. The van der Waals surface area contributed by atoms with Crippen molar-refractivity contribution in [3.05, 3.63) is 53.1 Å². The molecule has 0 unspecified atom stereocenters. The first-order valence-corrected chi connectivity index (χ1v) is 8.80. The Morgan fingerprint density at radius 2 is 1.62 bits per heavy atom. The van der Waals surface area contributed by atoms with Crippen molar-refractivity contribution in [3.63, 3.8) is 0 Å². The van der Waals surface area contributed by atoms with Crippen LogP contribution in [0.15, 0.2) is 41.3 Å². The molecule has 0 bridgehead atoms. The largest absolute Gasteiger partial charge is 0.280 e. The SMILES string of the molecule is Cc1cc(C)c(S(=O)(=O)Nc2ccc(-c3nn[nH]n3)cc2)c(C)c1. The van der Waals surface area contributed by atoms with E-state index in [2.05, 4.69) is 25.3 Å². The highest BCUT2D eigenvalue weighted by molar-refractivity contribution is 7.92. The Kier molecular flexibility index (Phi) is 4.06. The van der Waals surface area contributed by atoms with E-state index in [4.69, 9.17) is 0 Å². The van der Waals surface area contributed by atoms with E-state index in [1.165, 1.54) is 0 Å². The molecule has 2 aromatic carbocycles. The molecule has 124 valence electrons. The van der Waals surface area contributed by atoms with Crippen LogP contribution in [-0.4, -0.2) is 29.0 Å². The van der Waals surface area contributed by atoms with Crippen LogP contribution >= 0.6 is 0 Å². The van der Waals surface area contributed by atoms with Crippen molar-refractivity contribution >= 4 is 15.7 Å². The van der Waals surface area contributed by atoms with Crippen LogP contribution < -0.4 is 4.72 Å². The predicted molar refractivity (Wildman–Crippen MR) is 91.1 cm³/mol. The molecule has 7 nitrogen and oxygen atoms in total. The van der Waals surface area contributed by atoms with E-state index >= 15 is 0 Å². The minimum Gasteiger partial charge on any atom is -0.280 e. The van der Waals surface area contributed by atoms with Gasteiger partial charge in [-0.2, -0.15) is 5.21 Å². The fourth-order valence-electron chi connectivity index (χ4n) is 2.77. The molecule has 0 atom stereocenters. The number of tetrazole rings is 1. The Hall–Kier alpha value is -2.74. The third kappa shape index (κ3) is 3.13. The van der Waals surface area contributed by atoms with Crippen LogP contribution in [0.3, 0.4) is 0 Å². The van der Waals surface area contributed by atoms with Crippen molar-refractivity contribution < 1.29 is 8.42 Å². The molecule has 3 rings (SSSR count). The molecule has 0 amide bonds. The minimum atomic E-state index is -3.66. The number of sulfonamides is 1. The van der Waals surface area contributed by atoms with E-state index in [1.807, 2.05) is 19.1 Å². The molecule has 24 heavy (non-hydrogen) atoms. The summed E-state index contributed by atoms with van der Waals surface area (Å²) in [5.41, 5.74) is 3.70. The average molecular weight is 343 g/mol. The molecule has 0 radical (unpaired) electrons. The van der Waals surface area contributed by atoms with Crippen molar-refractivity contribution in [2.45, 2.75) is 25.7 Å². The van der Waals surface area contributed by atoms with Crippen LogP contribution in [0.1, 0.15) is 16.7 Å². The van der Waals surface area contributed by atoms with Crippen molar-refractivity contribution in [3.8, 4) is 11.4 Å². The summed E-state index contributed by atoms with van der Waals surface area (Å²) < 4.78 is 28.1. The first-order chi connectivity index (χ1) is 11.4. The molecule has 0 aliphatic heterocycles. The Bertz CT molecular complexity index is 941. The number of hydrogen-bond donors (Lipinski definition) is 2. The van der Waals surface area contributed by atoms with Gasteiger partial charge in [-0.15, -0.1) is 10.2 Å². The maximum absolute atomic E-state index is 12.7.